The first kappa shape index (κ1) is 16.9. The summed E-state index contributed by atoms with van der Waals surface area (Å²) in [6, 6.07) is 0.923. The lowest BCUT2D eigenvalue weighted by atomic mass is 9.80. The van der Waals surface area contributed by atoms with Crippen molar-refractivity contribution >= 4 is 0 Å². The quantitative estimate of drug-likeness (QED) is 0.372. The van der Waals surface area contributed by atoms with Crippen molar-refractivity contribution < 1.29 is 26.3 Å². The van der Waals surface area contributed by atoms with Crippen molar-refractivity contribution in [2.24, 2.45) is 5.92 Å². The van der Waals surface area contributed by atoms with Crippen LogP contribution in [0.2, 0.25) is 0 Å². The van der Waals surface area contributed by atoms with Gasteiger partial charge in [-0.15, -0.1) is 0 Å². The van der Waals surface area contributed by atoms with Crippen molar-refractivity contribution in [2.75, 3.05) is 0 Å². The predicted molar refractivity (Wildman–Crippen MR) is 77.4 cm³/mol. The summed E-state index contributed by atoms with van der Waals surface area (Å²) in [6.07, 6.45) is 1.82. The average Bonchev–Trinajstić information content (AvgIpc) is 2.57. The van der Waals surface area contributed by atoms with E-state index in [4.69, 9.17) is 0 Å². The van der Waals surface area contributed by atoms with E-state index in [9.17, 15) is 26.3 Å². The zero-order valence-electron chi connectivity index (χ0n) is 12.8. The van der Waals surface area contributed by atoms with Crippen LogP contribution in [-0.2, 0) is 12.8 Å². The Bertz CT molecular complexity index is 789. The van der Waals surface area contributed by atoms with Crippen LogP contribution in [0.15, 0.2) is 12.1 Å². The Morgan fingerprint density at radius 1 is 0.833 bits per heavy atom. The Balaban J connectivity index is 2.23. The maximum atomic E-state index is 14.7. The van der Waals surface area contributed by atoms with Crippen LogP contribution in [0.5, 0.6) is 0 Å². The van der Waals surface area contributed by atoms with Gasteiger partial charge in [0, 0.05) is 0 Å². The highest BCUT2D eigenvalue weighted by Gasteiger charge is 2.30. The first-order chi connectivity index (χ1) is 11.3. The van der Waals surface area contributed by atoms with Gasteiger partial charge in [0.2, 0.25) is 0 Å². The van der Waals surface area contributed by atoms with Crippen LogP contribution in [0.25, 0.3) is 11.1 Å². The molecule has 1 aliphatic carbocycles. The Morgan fingerprint density at radius 3 is 2.04 bits per heavy atom. The SMILES string of the molecule is CCC1CCc2c(F)c(-c3cc(F)c(F)c(F)c3)c(F)c(F)c2C1. The van der Waals surface area contributed by atoms with E-state index >= 15 is 0 Å². The van der Waals surface area contributed by atoms with Crippen LogP contribution in [0.3, 0.4) is 0 Å². The minimum absolute atomic E-state index is 0.0186. The molecule has 0 saturated carbocycles. The van der Waals surface area contributed by atoms with Crippen molar-refractivity contribution in [3.8, 4) is 11.1 Å². The van der Waals surface area contributed by atoms with E-state index in [1.165, 1.54) is 0 Å². The average molecular weight is 344 g/mol. The van der Waals surface area contributed by atoms with Crippen molar-refractivity contribution in [2.45, 2.75) is 32.6 Å². The van der Waals surface area contributed by atoms with Crippen LogP contribution in [0.4, 0.5) is 26.3 Å². The van der Waals surface area contributed by atoms with Crippen molar-refractivity contribution in [3.63, 3.8) is 0 Å². The molecular weight excluding hydrogens is 330 g/mol. The largest absolute Gasteiger partial charge is 0.206 e. The molecule has 0 fully saturated rings. The van der Waals surface area contributed by atoms with Gasteiger partial charge in [-0.1, -0.05) is 13.3 Å². The van der Waals surface area contributed by atoms with E-state index in [2.05, 4.69) is 0 Å². The second-order valence-corrected chi connectivity index (χ2v) is 6.05. The van der Waals surface area contributed by atoms with Gasteiger partial charge < -0.3 is 0 Å². The molecule has 0 radical (unpaired) electrons. The minimum Gasteiger partial charge on any atom is -0.206 e. The van der Waals surface area contributed by atoms with Gasteiger partial charge in [-0.2, -0.15) is 0 Å². The fourth-order valence-corrected chi connectivity index (χ4v) is 3.27. The summed E-state index contributed by atoms with van der Waals surface area (Å²) >= 11 is 0. The molecule has 2 aromatic rings. The van der Waals surface area contributed by atoms with Crippen molar-refractivity contribution in [1.82, 2.24) is 0 Å². The molecule has 128 valence electrons. The lowest BCUT2D eigenvalue weighted by Crippen LogP contribution is -2.19. The molecule has 0 N–H and O–H groups in total. The second-order valence-electron chi connectivity index (χ2n) is 6.05. The Morgan fingerprint density at radius 2 is 1.46 bits per heavy atom. The summed E-state index contributed by atoms with van der Waals surface area (Å²) in [5, 5.41) is 0. The van der Waals surface area contributed by atoms with Gasteiger partial charge >= 0.3 is 0 Å². The highest BCUT2D eigenvalue weighted by Crippen LogP contribution is 2.38. The summed E-state index contributed by atoms with van der Waals surface area (Å²) in [6.45, 7) is 1.92. The lowest BCUT2D eigenvalue weighted by molar-refractivity contribution is 0.405. The number of hydrogen-bond donors (Lipinski definition) is 0. The number of halogens is 6. The van der Waals surface area contributed by atoms with E-state index < -0.39 is 46.0 Å². The molecule has 0 saturated heterocycles. The first-order valence-electron chi connectivity index (χ1n) is 7.68. The molecule has 2 aromatic carbocycles. The summed E-state index contributed by atoms with van der Waals surface area (Å²) < 4.78 is 83.3. The number of fused-ring (bicyclic) bond motifs is 1. The highest BCUT2D eigenvalue weighted by molar-refractivity contribution is 5.67. The maximum absolute atomic E-state index is 14.7. The molecule has 1 unspecified atom stereocenters. The molecule has 0 aromatic heterocycles. The number of rotatable bonds is 2. The molecule has 1 aliphatic rings. The Hall–Kier alpha value is -1.98. The highest BCUT2D eigenvalue weighted by atomic mass is 19.2. The van der Waals surface area contributed by atoms with Gasteiger partial charge in [0.1, 0.15) is 5.82 Å². The number of hydrogen-bond acceptors (Lipinski definition) is 0. The van der Waals surface area contributed by atoms with Gasteiger partial charge in [-0.25, -0.2) is 26.3 Å². The molecule has 0 nitrogen and oxygen atoms in total. The summed E-state index contributed by atoms with van der Waals surface area (Å²) in [7, 11) is 0. The number of benzene rings is 2. The van der Waals surface area contributed by atoms with Gasteiger partial charge in [-0.05, 0) is 54.0 Å². The molecule has 24 heavy (non-hydrogen) atoms. The summed E-state index contributed by atoms with van der Waals surface area (Å²) in [5.74, 6) is -8.54. The van der Waals surface area contributed by atoms with Crippen molar-refractivity contribution in [3.05, 3.63) is 58.2 Å². The molecule has 0 amide bonds. The molecular formula is C18H14F6. The second kappa shape index (κ2) is 6.15. The Labute approximate surface area is 135 Å². The molecule has 1 atom stereocenters. The Kier molecular flexibility index (Phi) is 4.32. The molecule has 0 aliphatic heterocycles. The fourth-order valence-electron chi connectivity index (χ4n) is 3.27. The third-order valence-corrected chi connectivity index (χ3v) is 4.67. The van der Waals surface area contributed by atoms with Crippen LogP contribution in [0, 0.1) is 40.8 Å². The van der Waals surface area contributed by atoms with Crippen LogP contribution in [-0.4, -0.2) is 0 Å². The van der Waals surface area contributed by atoms with Gasteiger partial charge in [0.15, 0.2) is 29.1 Å². The van der Waals surface area contributed by atoms with E-state index in [-0.39, 0.29) is 29.9 Å². The predicted octanol–water partition coefficient (Wildman–Crippen LogP) is 5.70. The first-order valence-corrected chi connectivity index (χ1v) is 7.68. The molecule has 6 heteroatoms. The van der Waals surface area contributed by atoms with Crippen LogP contribution < -0.4 is 0 Å². The van der Waals surface area contributed by atoms with Crippen LogP contribution in [0.1, 0.15) is 30.9 Å². The summed E-state index contributed by atoms with van der Waals surface area (Å²) in [5.41, 5.74) is -1.42. The summed E-state index contributed by atoms with van der Waals surface area (Å²) in [4.78, 5) is 0. The molecule has 0 spiro atoms. The lowest BCUT2D eigenvalue weighted by Gasteiger charge is -2.26. The molecule has 0 bridgehead atoms. The standard InChI is InChI=1S/C18H14F6/c1-2-8-3-4-10-11(5-8)16(22)18(24)14(15(10)21)9-6-12(19)17(23)13(20)7-9/h6-8H,2-5H2,1H3. The zero-order valence-corrected chi connectivity index (χ0v) is 12.8. The van der Waals surface area contributed by atoms with Gasteiger partial charge in [0.05, 0.1) is 5.56 Å². The maximum Gasteiger partial charge on any atom is 0.194 e. The van der Waals surface area contributed by atoms with Crippen LogP contribution >= 0.6 is 0 Å². The minimum atomic E-state index is -1.75. The van der Waals surface area contributed by atoms with Crippen molar-refractivity contribution in [1.29, 1.82) is 0 Å². The smallest absolute Gasteiger partial charge is 0.194 e. The van der Waals surface area contributed by atoms with E-state index in [0.29, 0.717) is 18.6 Å². The topological polar surface area (TPSA) is 0 Å². The van der Waals surface area contributed by atoms with E-state index in [0.717, 1.165) is 6.42 Å². The fraction of sp³-hybridized carbons (Fsp3) is 0.333. The van der Waals surface area contributed by atoms with E-state index in [1.54, 1.807) is 0 Å². The van der Waals surface area contributed by atoms with E-state index in [1.807, 2.05) is 6.92 Å². The van der Waals surface area contributed by atoms with Gasteiger partial charge in [-0.3, -0.25) is 0 Å². The zero-order chi connectivity index (χ0) is 17.6. The van der Waals surface area contributed by atoms with Gasteiger partial charge in [0.25, 0.3) is 0 Å². The monoisotopic (exact) mass is 344 g/mol. The molecule has 0 heterocycles. The molecule has 3 rings (SSSR count). The third kappa shape index (κ3) is 2.58. The normalized spacial score (nSPS) is 17.0. The third-order valence-electron chi connectivity index (χ3n) is 4.67.